The van der Waals surface area contributed by atoms with Crippen molar-refractivity contribution in [2.75, 3.05) is 0 Å². The molecule has 0 radical (unpaired) electrons. The Morgan fingerprint density at radius 2 is 2.33 bits per heavy atom. The van der Waals surface area contributed by atoms with E-state index in [4.69, 9.17) is 28.3 Å². The molecule has 5 nitrogen and oxygen atoms in total. The molecule has 1 N–H and O–H groups in total. The highest BCUT2D eigenvalue weighted by Crippen LogP contribution is 2.19. The SMILES string of the molecule is S=c1[nH]c2ccc(Cl)cc2n1CCc1ncon1. The lowest BCUT2D eigenvalue weighted by atomic mass is 10.3. The van der Waals surface area contributed by atoms with E-state index < -0.39 is 0 Å². The fraction of sp³-hybridized carbons (Fsp3) is 0.182. The second-order valence-corrected chi connectivity index (χ2v) is 4.66. The monoisotopic (exact) mass is 280 g/mol. The Labute approximate surface area is 112 Å². The molecule has 92 valence electrons. The summed E-state index contributed by atoms with van der Waals surface area (Å²) in [7, 11) is 0. The number of halogens is 1. The molecule has 7 heteroatoms. The first-order valence-electron chi connectivity index (χ1n) is 5.37. The van der Waals surface area contributed by atoms with E-state index in [1.165, 1.54) is 6.39 Å². The van der Waals surface area contributed by atoms with Crippen molar-refractivity contribution in [1.82, 2.24) is 19.7 Å². The number of aromatic amines is 1. The number of benzene rings is 1. The van der Waals surface area contributed by atoms with Crippen molar-refractivity contribution in [3.05, 3.63) is 40.2 Å². The summed E-state index contributed by atoms with van der Waals surface area (Å²) in [5.41, 5.74) is 1.95. The fourth-order valence-corrected chi connectivity index (χ4v) is 2.33. The number of hydrogen-bond acceptors (Lipinski definition) is 4. The summed E-state index contributed by atoms with van der Waals surface area (Å²) in [6.45, 7) is 0.679. The van der Waals surface area contributed by atoms with E-state index in [9.17, 15) is 0 Å². The molecule has 0 amide bonds. The van der Waals surface area contributed by atoms with E-state index in [1.807, 2.05) is 22.8 Å². The van der Waals surface area contributed by atoms with Gasteiger partial charge >= 0.3 is 0 Å². The molecule has 0 fully saturated rings. The average Bonchev–Trinajstić information content (AvgIpc) is 2.94. The van der Waals surface area contributed by atoms with E-state index in [1.54, 1.807) is 0 Å². The quantitative estimate of drug-likeness (QED) is 0.749. The second-order valence-electron chi connectivity index (χ2n) is 3.84. The molecule has 0 atom stereocenters. The first kappa shape index (κ1) is 11.4. The molecule has 0 aliphatic heterocycles. The third kappa shape index (κ3) is 2.04. The molecular weight excluding hydrogens is 272 g/mol. The van der Waals surface area contributed by atoms with Crippen LogP contribution in [0.15, 0.2) is 29.1 Å². The maximum Gasteiger partial charge on any atom is 0.213 e. The van der Waals surface area contributed by atoms with Gasteiger partial charge in [0, 0.05) is 18.0 Å². The number of nitrogens with zero attached hydrogens (tertiary/aromatic N) is 3. The number of aromatic nitrogens is 4. The highest BCUT2D eigenvalue weighted by Gasteiger charge is 2.06. The first-order chi connectivity index (χ1) is 8.74. The molecule has 0 saturated carbocycles. The highest BCUT2D eigenvalue weighted by molar-refractivity contribution is 7.71. The maximum absolute atomic E-state index is 6.00. The summed E-state index contributed by atoms with van der Waals surface area (Å²) in [4.78, 5) is 7.12. The minimum absolute atomic E-state index is 0.657. The van der Waals surface area contributed by atoms with Gasteiger partial charge < -0.3 is 14.1 Å². The minimum Gasteiger partial charge on any atom is -0.343 e. The van der Waals surface area contributed by atoms with Gasteiger partial charge in [0.1, 0.15) is 0 Å². The van der Waals surface area contributed by atoms with E-state index in [-0.39, 0.29) is 0 Å². The van der Waals surface area contributed by atoms with Crippen molar-refractivity contribution >= 4 is 34.9 Å². The smallest absolute Gasteiger partial charge is 0.213 e. The van der Waals surface area contributed by atoms with Crippen LogP contribution in [0.1, 0.15) is 5.82 Å². The predicted octanol–water partition coefficient (Wildman–Crippen LogP) is 2.98. The molecule has 1 aromatic carbocycles. The Kier molecular flexibility index (Phi) is 2.89. The van der Waals surface area contributed by atoms with Gasteiger partial charge in [0.05, 0.1) is 11.0 Å². The van der Waals surface area contributed by atoms with Gasteiger partial charge in [-0.2, -0.15) is 4.98 Å². The molecule has 3 rings (SSSR count). The lowest BCUT2D eigenvalue weighted by Crippen LogP contribution is -2.02. The number of H-pyrrole nitrogens is 1. The van der Waals surface area contributed by atoms with Crippen LogP contribution in [0.5, 0.6) is 0 Å². The van der Waals surface area contributed by atoms with Crippen LogP contribution in [0, 0.1) is 4.77 Å². The predicted molar refractivity (Wildman–Crippen MR) is 70.1 cm³/mol. The Bertz CT molecular complexity index is 731. The van der Waals surface area contributed by atoms with Crippen molar-refractivity contribution in [2.24, 2.45) is 0 Å². The Balaban J connectivity index is 1.98. The zero-order valence-electron chi connectivity index (χ0n) is 9.26. The number of rotatable bonds is 3. The van der Waals surface area contributed by atoms with Crippen LogP contribution < -0.4 is 0 Å². The van der Waals surface area contributed by atoms with Crippen LogP contribution >= 0.6 is 23.8 Å². The third-order valence-corrected chi connectivity index (χ3v) is 3.26. The van der Waals surface area contributed by atoms with Crippen molar-refractivity contribution in [2.45, 2.75) is 13.0 Å². The van der Waals surface area contributed by atoms with Crippen LogP contribution in [-0.2, 0) is 13.0 Å². The van der Waals surface area contributed by atoms with E-state index in [0.29, 0.717) is 28.6 Å². The van der Waals surface area contributed by atoms with Crippen LogP contribution in [-0.4, -0.2) is 19.7 Å². The number of hydrogen-bond donors (Lipinski definition) is 1. The summed E-state index contributed by atoms with van der Waals surface area (Å²) in [5, 5.41) is 4.46. The topological polar surface area (TPSA) is 59.6 Å². The van der Waals surface area contributed by atoms with E-state index in [0.717, 1.165) is 11.0 Å². The molecular formula is C11H9ClN4OS. The normalized spacial score (nSPS) is 11.2. The van der Waals surface area contributed by atoms with E-state index >= 15 is 0 Å². The van der Waals surface area contributed by atoms with Crippen molar-refractivity contribution in [1.29, 1.82) is 0 Å². The van der Waals surface area contributed by atoms with Crippen LogP contribution in [0.4, 0.5) is 0 Å². The van der Waals surface area contributed by atoms with Gasteiger partial charge in [-0.25, -0.2) is 0 Å². The molecule has 0 spiro atoms. The van der Waals surface area contributed by atoms with Gasteiger partial charge in [-0.05, 0) is 30.4 Å². The summed E-state index contributed by atoms with van der Waals surface area (Å²) < 4.78 is 7.34. The molecule has 0 saturated heterocycles. The Hall–Kier alpha value is -1.66. The fourth-order valence-electron chi connectivity index (χ4n) is 1.86. The molecule has 2 heterocycles. The summed E-state index contributed by atoms with van der Waals surface area (Å²) >= 11 is 11.3. The number of imidazole rings is 1. The van der Waals surface area contributed by atoms with Crippen molar-refractivity contribution in [3.63, 3.8) is 0 Å². The minimum atomic E-state index is 0.657. The van der Waals surface area contributed by atoms with Gasteiger partial charge in [-0.1, -0.05) is 16.8 Å². The number of fused-ring (bicyclic) bond motifs is 1. The molecule has 3 aromatic rings. The average molecular weight is 281 g/mol. The Morgan fingerprint density at radius 1 is 1.44 bits per heavy atom. The van der Waals surface area contributed by atoms with Gasteiger partial charge in [-0.3, -0.25) is 0 Å². The largest absolute Gasteiger partial charge is 0.343 e. The summed E-state index contributed by atoms with van der Waals surface area (Å²) in [6, 6.07) is 5.64. The summed E-state index contributed by atoms with van der Waals surface area (Å²) in [5.74, 6) is 0.660. The molecule has 0 unspecified atom stereocenters. The van der Waals surface area contributed by atoms with Crippen LogP contribution in [0.3, 0.4) is 0 Å². The van der Waals surface area contributed by atoms with Gasteiger partial charge in [0.25, 0.3) is 0 Å². The lowest BCUT2D eigenvalue weighted by molar-refractivity contribution is 0.408. The molecule has 0 aliphatic rings. The molecule has 0 aliphatic carbocycles. The van der Waals surface area contributed by atoms with Gasteiger partial charge in [0.2, 0.25) is 6.39 Å². The molecule has 2 aromatic heterocycles. The van der Waals surface area contributed by atoms with Crippen molar-refractivity contribution in [3.8, 4) is 0 Å². The lowest BCUT2D eigenvalue weighted by Gasteiger charge is -2.02. The van der Waals surface area contributed by atoms with E-state index in [2.05, 4.69) is 15.1 Å². The van der Waals surface area contributed by atoms with Gasteiger partial charge in [0.15, 0.2) is 10.6 Å². The molecule has 18 heavy (non-hydrogen) atoms. The number of aryl methyl sites for hydroxylation is 2. The second kappa shape index (κ2) is 4.55. The standard InChI is InChI=1S/C11H9ClN4OS/c12-7-1-2-8-9(5-7)16(11(18)14-8)4-3-10-13-6-17-15-10/h1-2,5-6H,3-4H2,(H,14,18). The molecule has 0 bridgehead atoms. The Morgan fingerprint density at radius 3 is 3.11 bits per heavy atom. The third-order valence-electron chi connectivity index (χ3n) is 2.70. The first-order valence-corrected chi connectivity index (χ1v) is 6.16. The van der Waals surface area contributed by atoms with Crippen LogP contribution in [0.25, 0.3) is 11.0 Å². The zero-order valence-corrected chi connectivity index (χ0v) is 10.8. The highest BCUT2D eigenvalue weighted by atomic mass is 35.5. The van der Waals surface area contributed by atoms with Gasteiger partial charge in [-0.15, -0.1) is 0 Å². The zero-order chi connectivity index (χ0) is 12.5. The van der Waals surface area contributed by atoms with Crippen LogP contribution in [0.2, 0.25) is 5.02 Å². The van der Waals surface area contributed by atoms with Crippen molar-refractivity contribution < 1.29 is 4.52 Å². The number of nitrogens with one attached hydrogen (secondary N) is 1. The maximum atomic E-state index is 6.00. The summed E-state index contributed by atoms with van der Waals surface area (Å²) in [6.07, 6.45) is 1.98.